The predicted octanol–water partition coefficient (Wildman–Crippen LogP) is 3.84. The van der Waals surface area contributed by atoms with Crippen molar-refractivity contribution in [3.05, 3.63) is 57.8 Å². The third-order valence-electron chi connectivity index (χ3n) is 6.90. The van der Waals surface area contributed by atoms with Gasteiger partial charge in [-0.25, -0.2) is 9.37 Å². The number of phenolic OH excluding ortho intramolecular Hbond substituents is 1. The fourth-order valence-electron chi connectivity index (χ4n) is 4.94. The van der Waals surface area contributed by atoms with E-state index < -0.39 is 5.82 Å². The maximum absolute atomic E-state index is 13.4. The van der Waals surface area contributed by atoms with Crippen LogP contribution < -0.4 is 15.4 Å². The van der Waals surface area contributed by atoms with Gasteiger partial charge in [0.1, 0.15) is 28.7 Å². The van der Waals surface area contributed by atoms with Gasteiger partial charge in [-0.05, 0) is 56.9 Å². The number of benzene rings is 1. The van der Waals surface area contributed by atoms with Crippen LogP contribution in [0.2, 0.25) is 0 Å². The van der Waals surface area contributed by atoms with E-state index in [0.717, 1.165) is 37.4 Å². The number of aromatic nitrogens is 2. The topological polar surface area (TPSA) is 85.4 Å². The van der Waals surface area contributed by atoms with Crippen LogP contribution in [-0.2, 0) is 7.05 Å². The van der Waals surface area contributed by atoms with E-state index in [2.05, 4.69) is 11.1 Å². The molecule has 0 amide bonds. The summed E-state index contributed by atoms with van der Waals surface area (Å²) < 4.78 is 14.9. The summed E-state index contributed by atoms with van der Waals surface area (Å²) in [4.78, 5) is 21.6. The Hall–Kier alpha value is -3.60. The zero-order valence-electron chi connectivity index (χ0n) is 19.3. The molecular weight excluding hydrogens is 421 g/mol. The quantitative estimate of drug-likeness (QED) is 0.651. The van der Waals surface area contributed by atoms with Crippen molar-refractivity contribution >= 4 is 22.4 Å². The monoisotopic (exact) mass is 449 g/mol. The standard InChI is InChI=1S/C25H28FN5O2/c1-15-5-11-21-23(28-15)24(19(14-27)25(33)31(21)4)30(3)18-9-7-17(8-10-18)29(2)20-12-6-16(26)13-22(20)32/h5-6,11-13,17-18,32H,7-10H2,1-4H3. The highest BCUT2D eigenvalue weighted by atomic mass is 19.1. The third-order valence-corrected chi connectivity index (χ3v) is 6.90. The summed E-state index contributed by atoms with van der Waals surface area (Å²) in [6, 6.07) is 10.3. The Kier molecular flexibility index (Phi) is 5.98. The largest absolute Gasteiger partial charge is 0.506 e. The summed E-state index contributed by atoms with van der Waals surface area (Å²) >= 11 is 0. The summed E-state index contributed by atoms with van der Waals surface area (Å²) in [6.45, 7) is 1.90. The molecule has 1 aliphatic rings. The number of anilines is 2. The number of rotatable bonds is 4. The van der Waals surface area contributed by atoms with Crippen LogP contribution in [0.25, 0.3) is 11.0 Å². The first-order valence-electron chi connectivity index (χ1n) is 11.1. The molecule has 0 spiro atoms. The maximum atomic E-state index is 13.4. The van der Waals surface area contributed by atoms with E-state index in [4.69, 9.17) is 0 Å². The molecular formula is C25H28FN5O2. The molecule has 0 aliphatic heterocycles. The smallest absolute Gasteiger partial charge is 0.270 e. The number of hydrogen-bond acceptors (Lipinski definition) is 6. The van der Waals surface area contributed by atoms with Crippen LogP contribution in [0.15, 0.2) is 35.1 Å². The molecule has 33 heavy (non-hydrogen) atoms. The average molecular weight is 450 g/mol. The van der Waals surface area contributed by atoms with Gasteiger partial charge in [0.25, 0.3) is 5.56 Å². The second-order valence-corrected chi connectivity index (χ2v) is 8.84. The van der Waals surface area contributed by atoms with Crippen LogP contribution in [0.4, 0.5) is 15.8 Å². The molecule has 1 N–H and O–H groups in total. The molecule has 1 aromatic carbocycles. The number of halogens is 1. The first kappa shape index (κ1) is 22.6. The van der Waals surface area contributed by atoms with Gasteiger partial charge in [0, 0.05) is 45.0 Å². The Morgan fingerprint density at radius 3 is 2.36 bits per heavy atom. The van der Waals surface area contributed by atoms with Gasteiger partial charge >= 0.3 is 0 Å². The molecule has 1 fully saturated rings. The van der Waals surface area contributed by atoms with Crippen molar-refractivity contribution in [2.75, 3.05) is 23.9 Å². The third kappa shape index (κ3) is 3.99. The summed E-state index contributed by atoms with van der Waals surface area (Å²) in [5.41, 5.74) is 3.17. The lowest BCUT2D eigenvalue weighted by Crippen LogP contribution is -2.42. The highest BCUT2D eigenvalue weighted by Gasteiger charge is 2.30. The SMILES string of the molecule is Cc1ccc2c(n1)c(N(C)C1CCC(N(C)c3ccc(F)cc3O)CC1)c(C#N)c(=O)n2C. The Bertz CT molecular complexity index is 1300. The minimum Gasteiger partial charge on any atom is -0.506 e. The van der Waals surface area contributed by atoms with Crippen LogP contribution in [0.1, 0.15) is 36.9 Å². The lowest BCUT2D eigenvalue weighted by molar-refractivity contribution is 0.373. The summed E-state index contributed by atoms with van der Waals surface area (Å²) in [5.74, 6) is -0.531. The van der Waals surface area contributed by atoms with Crippen molar-refractivity contribution < 1.29 is 9.50 Å². The van der Waals surface area contributed by atoms with Gasteiger partial charge < -0.3 is 19.5 Å². The summed E-state index contributed by atoms with van der Waals surface area (Å²) in [5, 5.41) is 20.0. The zero-order valence-corrected chi connectivity index (χ0v) is 19.3. The van der Waals surface area contributed by atoms with Crippen molar-refractivity contribution in [2.24, 2.45) is 7.05 Å². The van der Waals surface area contributed by atoms with E-state index in [1.165, 1.54) is 10.6 Å². The number of pyridine rings is 2. The molecule has 1 saturated carbocycles. The molecule has 2 aromatic heterocycles. The van der Waals surface area contributed by atoms with E-state index >= 15 is 0 Å². The highest BCUT2D eigenvalue weighted by Crippen LogP contribution is 2.36. The Morgan fingerprint density at radius 1 is 1.12 bits per heavy atom. The van der Waals surface area contributed by atoms with Crippen LogP contribution in [-0.4, -0.2) is 40.8 Å². The number of phenols is 1. The van der Waals surface area contributed by atoms with E-state index in [1.54, 1.807) is 13.1 Å². The van der Waals surface area contributed by atoms with Gasteiger partial charge in [-0.2, -0.15) is 5.26 Å². The molecule has 0 radical (unpaired) electrons. The van der Waals surface area contributed by atoms with Crippen molar-refractivity contribution in [1.82, 2.24) is 9.55 Å². The van der Waals surface area contributed by atoms with E-state index in [-0.39, 0.29) is 29.0 Å². The molecule has 7 nitrogen and oxygen atoms in total. The molecule has 1 aliphatic carbocycles. The molecule has 0 saturated heterocycles. The highest BCUT2D eigenvalue weighted by molar-refractivity contribution is 5.91. The van der Waals surface area contributed by atoms with Crippen LogP contribution in [0.5, 0.6) is 5.75 Å². The number of fused-ring (bicyclic) bond motifs is 1. The van der Waals surface area contributed by atoms with E-state index in [0.29, 0.717) is 22.4 Å². The molecule has 0 bridgehead atoms. The van der Waals surface area contributed by atoms with Gasteiger partial charge in [0.2, 0.25) is 0 Å². The number of nitriles is 1. The van der Waals surface area contributed by atoms with E-state index in [1.807, 2.05) is 43.0 Å². The number of aryl methyl sites for hydroxylation is 2. The molecule has 4 rings (SSSR count). The van der Waals surface area contributed by atoms with Crippen molar-refractivity contribution in [3.8, 4) is 11.8 Å². The molecule has 3 aromatic rings. The normalized spacial score (nSPS) is 18.2. The minimum absolute atomic E-state index is 0.0663. The molecule has 2 heterocycles. The molecule has 0 unspecified atom stereocenters. The second-order valence-electron chi connectivity index (χ2n) is 8.84. The van der Waals surface area contributed by atoms with E-state index in [9.17, 15) is 19.6 Å². The van der Waals surface area contributed by atoms with Crippen molar-refractivity contribution in [3.63, 3.8) is 0 Å². The van der Waals surface area contributed by atoms with Crippen LogP contribution in [0, 0.1) is 24.1 Å². The molecule has 8 heteroatoms. The van der Waals surface area contributed by atoms with Crippen molar-refractivity contribution in [1.29, 1.82) is 5.26 Å². The Morgan fingerprint density at radius 2 is 1.76 bits per heavy atom. The average Bonchev–Trinajstić information content (AvgIpc) is 2.80. The Balaban J connectivity index is 1.61. The summed E-state index contributed by atoms with van der Waals surface area (Å²) in [7, 11) is 5.51. The minimum atomic E-state index is -0.464. The zero-order chi connectivity index (χ0) is 23.9. The Labute approximate surface area is 192 Å². The van der Waals surface area contributed by atoms with Gasteiger partial charge in [-0.15, -0.1) is 0 Å². The summed E-state index contributed by atoms with van der Waals surface area (Å²) in [6.07, 6.45) is 3.42. The van der Waals surface area contributed by atoms with Crippen LogP contribution in [0.3, 0.4) is 0 Å². The van der Waals surface area contributed by atoms with Crippen molar-refractivity contribution in [2.45, 2.75) is 44.7 Å². The lowest BCUT2D eigenvalue weighted by atomic mass is 9.88. The predicted molar refractivity (Wildman–Crippen MR) is 127 cm³/mol. The first-order chi connectivity index (χ1) is 15.7. The number of nitrogens with zero attached hydrogens (tertiary/aromatic N) is 5. The maximum Gasteiger partial charge on any atom is 0.270 e. The fraction of sp³-hybridized carbons (Fsp3) is 0.400. The number of hydrogen-bond donors (Lipinski definition) is 1. The van der Waals surface area contributed by atoms with Gasteiger partial charge in [0.15, 0.2) is 0 Å². The van der Waals surface area contributed by atoms with Crippen LogP contribution >= 0.6 is 0 Å². The first-order valence-corrected chi connectivity index (χ1v) is 11.1. The lowest BCUT2D eigenvalue weighted by Gasteiger charge is -2.40. The molecule has 0 atom stereocenters. The number of aromatic hydroxyl groups is 1. The fourth-order valence-corrected chi connectivity index (χ4v) is 4.94. The molecule has 172 valence electrons. The second kappa shape index (κ2) is 8.74. The van der Waals surface area contributed by atoms with Gasteiger partial charge in [-0.3, -0.25) is 4.79 Å². The van der Waals surface area contributed by atoms with Gasteiger partial charge in [0.05, 0.1) is 16.9 Å². The van der Waals surface area contributed by atoms with Gasteiger partial charge in [-0.1, -0.05) is 0 Å².